The maximum atomic E-state index is 5.84. The molecule has 1 aromatic heterocycles. The Kier molecular flexibility index (Phi) is 6.43. The molecule has 0 atom stereocenters. The van der Waals surface area contributed by atoms with E-state index in [1.807, 2.05) is 18.7 Å². The molecule has 0 unspecified atom stereocenters. The Morgan fingerprint density at radius 1 is 1.37 bits per heavy atom. The van der Waals surface area contributed by atoms with Crippen molar-refractivity contribution in [3.63, 3.8) is 0 Å². The van der Waals surface area contributed by atoms with Gasteiger partial charge in [-0.05, 0) is 47.1 Å². The first kappa shape index (κ1) is 16.6. The first-order valence-electron chi connectivity index (χ1n) is 6.82. The number of aryl methyl sites for hydroxylation is 1. The minimum absolute atomic E-state index is 0.138. The highest BCUT2D eigenvalue weighted by atomic mass is 32.2. The Morgan fingerprint density at radius 2 is 2.05 bits per heavy atom. The van der Waals surface area contributed by atoms with Crippen molar-refractivity contribution < 1.29 is 4.42 Å². The molecule has 0 bridgehead atoms. The van der Waals surface area contributed by atoms with Crippen molar-refractivity contribution in [3.05, 3.63) is 23.2 Å². The third kappa shape index (κ3) is 6.50. The zero-order valence-electron chi connectivity index (χ0n) is 13.2. The van der Waals surface area contributed by atoms with Crippen molar-refractivity contribution in [1.82, 2.24) is 10.2 Å². The van der Waals surface area contributed by atoms with Gasteiger partial charge in [-0.1, -0.05) is 0 Å². The standard InChI is InChI=1S/C15H28N2OS/c1-12-13(10-16-15(2,3)4)9-14(18-12)11-17(5)7-8-19-6/h9,16H,7-8,10-11H2,1-6H3. The van der Waals surface area contributed by atoms with Crippen molar-refractivity contribution >= 4 is 11.8 Å². The van der Waals surface area contributed by atoms with E-state index in [1.54, 1.807) is 0 Å². The summed E-state index contributed by atoms with van der Waals surface area (Å²) in [6, 6.07) is 2.18. The molecular weight excluding hydrogens is 256 g/mol. The number of nitrogens with zero attached hydrogens (tertiary/aromatic N) is 1. The van der Waals surface area contributed by atoms with Crippen LogP contribution in [0.25, 0.3) is 0 Å². The molecule has 110 valence electrons. The first-order chi connectivity index (χ1) is 8.81. The van der Waals surface area contributed by atoms with E-state index in [2.05, 4.69) is 50.4 Å². The topological polar surface area (TPSA) is 28.4 Å². The summed E-state index contributed by atoms with van der Waals surface area (Å²) >= 11 is 1.88. The fourth-order valence-corrected chi connectivity index (χ4v) is 2.29. The number of rotatable bonds is 7. The van der Waals surface area contributed by atoms with Crippen molar-refractivity contribution in [2.24, 2.45) is 0 Å². The Balaban J connectivity index is 2.53. The van der Waals surface area contributed by atoms with Crippen LogP contribution in [0.15, 0.2) is 10.5 Å². The van der Waals surface area contributed by atoms with Gasteiger partial charge in [0.2, 0.25) is 0 Å². The lowest BCUT2D eigenvalue weighted by atomic mass is 10.1. The van der Waals surface area contributed by atoms with Crippen molar-refractivity contribution in [2.45, 2.75) is 46.3 Å². The fourth-order valence-electron chi connectivity index (χ4n) is 1.79. The second-order valence-corrected chi connectivity index (χ2v) is 7.11. The Labute approximate surface area is 122 Å². The fraction of sp³-hybridized carbons (Fsp3) is 0.733. The molecule has 19 heavy (non-hydrogen) atoms. The van der Waals surface area contributed by atoms with Gasteiger partial charge in [0.15, 0.2) is 0 Å². The van der Waals surface area contributed by atoms with Crippen LogP contribution in [-0.2, 0) is 13.1 Å². The van der Waals surface area contributed by atoms with E-state index in [0.29, 0.717) is 0 Å². The number of hydrogen-bond donors (Lipinski definition) is 1. The van der Waals surface area contributed by atoms with E-state index in [1.165, 1.54) is 5.56 Å². The maximum absolute atomic E-state index is 5.84. The summed E-state index contributed by atoms with van der Waals surface area (Å²) in [6.45, 7) is 11.4. The van der Waals surface area contributed by atoms with Crippen LogP contribution in [0.2, 0.25) is 0 Å². The molecule has 0 saturated heterocycles. The molecule has 0 aliphatic rings. The summed E-state index contributed by atoms with van der Waals surface area (Å²) in [5.41, 5.74) is 1.40. The van der Waals surface area contributed by atoms with E-state index in [-0.39, 0.29) is 5.54 Å². The predicted molar refractivity (Wildman–Crippen MR) is 84.8 cm³/mol. The molecule has 1 rings (SSSR count). The van der Waals surface area contributed by atoms with Gasteiger partial charge in [-0.2, -0.15) is 11.8 Å². The van der Waals surface area contributed by atoms with Gasteiger partial charge in [0, 0.05) is 29.9 Å². The third-order valence-electron chi connectivity index (χ3n) is 2.98. The quantitative estimate of drug-likeness (QED) is 0.832. The summed E-state index contributed by atoms with van der Waals surface area (Å²) in [7, 11) is 2.14. The number of nitrogens with one attached hydrogen (secondary N) is 1. The molecule has 0 spiro atoms. The largest absolute Gasteiger partial charge is 0.465 e. The number of thioether (sulfide) groups is 1. The van der Waals surface area contributed by atoms with Crippen LogP contribution in [-0.4, -0.2) is 36.0 Å². The molecule has 0 aliphatic carbocycles. The van der Waals surface area contributed by atoms with Gasteiger partial charge < -0.3 is 9.73 Å². The highest BCUT2D eigenvalue weighted by Gasteiger charge is 2.13. The molecule has 0 amide bonds. The Bertz CT molecular complexity index is 382. The summed E-state index contributed by atoms with van der Waals surface area (Å²) < 4.78 is 5.84. The van der Waals surface area contributed by atoms with E-state index < -0.39 is 0 Å². The lowest BCUT2D eigenvalue weighted by molar-refractivity contribution is 0.308. The van der Waals surface area contributed by atoms with Crippen LogP contribution in [0.5, 0.6) is 0 Å². The molecule has 1 heterocycles. The highest BCUT2D eigenvalue weighted by Crippen LogP contribution is 2.17. The van der Waals surface area contributed by atoms with Gasteiger partial charge in [-0.3, -0.25) is 4.90 Å². The maximum Gasteiger partial charge on any atom is 0.118 e. The second-order valence-electron chi connectivity index (χ2n) is 6.13. The Morgan fingerprint density at radius 3 is 2.63 bits per heavy atom. The predicted octanol–water partition coefficient (Wildman–Crippen LogP) is 3.27. The Hall–Kier alpha value is -0.450. The van der Waals surface area contributed by atoms with Crippen molar-refractivity contribution in [2.75, 3.05) is 25.6 Å². The normalized spacial score (nSPS) is 12.4. The van der Waals surface area contributed by atoms with Crippen LogP contribution >= 0.6 is 11.8 Å². The summed E-state index contributed by atoms with van der Waals surface area (Å²) in [6.07, 6.45) is 2.14. The van der Waals surface area contributed by atoms with Gasteiger partial charge in [0.25, 0.3) is 0 Å². The minimum Gasteiger partial charge on any atom is -0.465 e. The molecule has 0 fully saturated rings. The minimum atomic E-state index is 0.138. The molecule has 1 aromatic rings. The van der Waals surface area contributed by atoms with Gasteiger partial charge in [0.1, 0.15) is 11.5 Å². The van der Waals surface area contributed by atoms with Crippen LogP contribution in [0.4, 0.5) is 0 Å². The van der Waals surface area contributed by atoms with Gasteiger partial charge in [-0.15, -0.1) is 0 Å². The van der Waals surface area contributed by atoms with Crippen LogP contribution in [0.3, 0.4) is 0 Å². The average molecular weight is 284 g/mol. The summed E-state index contributed by atoms with van der Waals surface area (Å²) in [5, 5.41) is 3.50. The van der Waals surface area contributed by atoms with Crippen molar-refractivity contribution in [3.8, 4) is 0 Å². The lowest BCUT2D eigenvalue weighted by Crippen LogP contribution is -2.35. The SMILES string of the molecule is CSCCN(C)Cc1cc(CNC(C)(C)C)c(C)o1. The smallest absolute Gasteiger partial charge is 0.118 e. The molecule has 0 radical (unpaired) electrons. The monoisotopic (exact) mass is 284 g/mol. The van der Waals surface area contributed by atoms with Crippen LogP contribution < -0.4 is 5.32 Å². The lowest BCUT2D eigenvalue weighted by Gasteiger charge is -2.20. The molecule has 1 N–H and O–H groups in total. The van der Waals surface area contributed by atoms with Crippen molar-refractivity contribution in [1.29, 1.82) is 0 Å². The van der Waals surface area contributed by atoms with Gasteiger partial charge >= 0.3 is 0 Å². The average Bonchev–Trinajstić information content (AvgIpc) is 2.63. The van der Waals surface area contributed by atoms with E-state index in [9.17, 15) is 0 Å². The van der Waals surface area contributed by atoms with Gasteiger partial charge in [-0.25, -0.2) is 0 Å². The third-order valence-corrected chi connectivity index (χ3v) is 3.57. The highest BCUT2D eigenvalue weighted by molar-refractivity contribution is 7.98. The van der Waals surface area contributed by atoms with E-state index in [0.717, 1.165) is 36.9 Å². The first-order valence-corrected chi connectivity index (χ1v) is 8.22. The van der Waals surface area contributed by atoms with E-state index >= 15 is 0 Å². The number of hydrogen-bond acceptors (Lipinski definition) is 4. The molecule has 0 aliphatic heterocycles. The molecular formula is C15H28N2OS. The molecule has 3 nitrogen and oxygen atoms in total. The summed E-state index contributed by atoms with van der Waals surface area (Å²) in [4.78, 5) is 2.30. The number of furan rings is 1. The second kappa shape index (κ2) is 7.36. The van der Waals surface area contributed by atoms with Gasteiger partial charge in [0.05, 0.1) is 6.54 Å². The molecule has 4 heteroatoms. The zero-order valence-corrected chi connectivity index (χ0v) is 14.0. The zero-order chi connectivity index (χ0) is 14.5. The molecule has 0 saturated carbocycles. The summed E-state index contributed by atoms with van der Waals surface area (Å²) in [5.74, 6) is 3.26. The molecule has 0 aromatic carbocycles. The van der Waals surface area contributed by atoms with E-state index in [4.69, 9.17) is 4.42 Å². The van der Waals surface area contributed by atoms with Crippen LogP contribution in [0, 0.1) is 6.92 Å². The van der Waals surface area contributed by atoms with Crippen LogP contribution in [0.1, 0.15) is 37.9 Å².